The van der Waals surface area contributed by atoms with Crippen LogP contribution < -0.4 is 10.6 Å². The number of aliphatic hydroxyl groups is 1. The third kappa shape index (κ3) is 10.0. The van der Waals surface area contributed by atoms with E-state index in [0.717, 1.165) is 5.56 Å². The molecule has 0 aromatic heterocycles. The maximum atomic E-state index is 13.0. The number of amides is 2. The van der Waals surface area contributed by atoms with Gasteiger partial charge < -0.3 is 15.7 Å². The van der Waals surface area contributed by atoms with Crippen LogP contribution in [0.2, 0.25) is 0 Å². The van der Waals surface area contributed by atoms with Gasteiger partial charge in [0.15, 0.2) is 5.78 Å². The number of rotatable bonds is 13. The van der Waals surface area contributed by atoms with Crippen molar-refractivity contribution in [2.45, 2.75) is 72.4 Å². The van der Waals surface area contributed by atoms with Crippen molar-refractivity contribution >= 4 is 17.6 Å². The van der Waals surface area contributed by atoms with Crippen molar-refractivity contribution in [2.75, 3.05) is 6.61 Å². The summed E-state index contributed by atoms with van der Waals surface area (Å²) >= 11 is 0. The van der Waals surface area contributed by atoms with Crippen molar-refractivity contribution in [1.29, 1.82) is 0 Å². The Labute approximate surface area is 180 Å². The van der Waals surface area contributed by atoms with Crippen LogP contribution in [0, 0.1) is 17.8 Å². The first kappa shape index (κ1) is 25.8. The molecule has 168 valence electrons. The lowest BCUT2D eigenvalue weighted by Gasteiger charge is -2.25. The van der Waals surface area contributed by atoms with E-state index in [9.17, 15) is 19.5 Å². The molecule has 0 aliphatic carbocycles. The zero-order chi connectivity index (χ0) is 22.7. The molecule has 3 atom stereocenters. The topological polar surface area (TPSA) is 95.5 Å². The second-order valence-corrected chi connectivity index (χ2v) is 8.96. The van der Waals surface area contributed by atoms with E-state index in [-0.39, 0.29) is 42.5 Å². The molecule has 0 bridgehead atoms. The summed E-state index contributed by atoms with van der Waals surface area (Å²) in [5, 5.41) is 15.4. The molecule has 0 heterocycles. The molecule has 2 amide bonds. The van der Waals surface area contributed by atoms with Crippen molar-refractivity contribution in [3.63, 3.8) is 0 Å². The summed E-state index contributed by atoms with van der Waals surface area (Å²) in [6.07, 6.45) is 1.70. The number of carbonyl (C=O) groups is 3. The van der Waals surface area contributed by atoms with Crippen LogP contribution in [0.15, 0.2) is 30.3 Å². The van der Waals surface area contributed by atoms with Gasteiger partial charge in [0.05, 0.1) is 18.7 Å². The second kappa shape index (κ2) is 13.2. The summed E-state index contributed by atoms with van der Waals surface area (Å²) in [5.41, 5.74) is 1.02. The van der Waals surface area contributed by atoms with Gasteiger partial charge in [-0.3, -0.25) is 14.4 Å². The fraction of sp³-hybridized carbons (Fsp3) is 0.625. The quantitative estimate of drug-likeness (QED) is 0.459. The third-order valence-corrected chi connectivity index (χ3v) is 4.94. The van der Waals surface area contributed by atoms with E-state index in [2.05, 4.69) is 10.6 Å². The van der Waals surface area contributed by atoms with E-state index in [1.807, 2.05) is 58.0 Å². The second-order valence-electron chi connectivity index (χ2n) is 8.96. The van der Waals surface area contributed by atoms with Crippen LogP contribution in [-0.4, -0.2) is 41.4 Å². The Morgan fingerprint density at radius 3 is 2.03 bits per heavy atom. The van der Waals surface area contributed by atoms with Crippen LogP contribution in [0.3, 0.4) is 0 Å². The molecular weight excluding hydrogens is 380 g/mol. The van der Waals surface area contributed by atoms with E-state index in [0.29, 0.717) is 19.3 Å². The van der Waals surface area contributed by atoms with Gasteiger partial charge in [0, 0.05) is 19.3 Å². The highest BCUT2D eigenvalue weighted by molar-refractivity contribution is 5.92. The molecule has 0 saturated heterocycles. The number of nitrogens with one attached hydrogen (secondary N) is 2. The van der Waals surface area contributed by atoms with Crippen molar-refractivity contribution in [1.82, 2.24) is 10.6 Å². The van der Waals surface area contributed by atoms with Gasteiger partial charge in [-0.25, -0.2) is 0 Å². The first-order valence-electron chi connectivity index (χ1n) is 10.9. The number of benzene rings is 1. The van der Waals surface area contributed by atoms with Gasteiger partial charge in [-0.2, -0.15) is 0 Å². The minimum atomic E-state index is -0.581. The van der Waals surface area contributed by atoms with Crippen LogP contribution in [0.5, 0.6) is 0 Å². The molecule has 6 heteroatoms. The summed E-state index contributed by atoms with van der Waals surface area (Å²) < 4.78 is 0. The van der Waals surface area contributed by atoms with Crippen molar-refractivity contribution in [3.05, 3.63) is 35.9 Å². The van der Waals surface area contributed by atoms with Gasteiger partial charge in [0.1, 0.15) is 0 Å². The Morgan fingerprint density at radius 1 is 0.933 bits per heavy atom. The van der Waals surface area contributed by atoms with Gasteiger partial charge in [-0.15, -0.1) is 0 Å². The largest absolute Gasteiger partial charge is 0.394 e. The highest BCUT2D eigenvalue weighted by atomic mass is 16.3. The minimum Gasteiger partial charge on any atom is -0.394 e. The van der Waals surface area contributed by atoms with E-state index in [1.54, 1.807) is 0 Å². The molecule has 0 aliphatic heterocycles. The minimum absolute atomic E-state index is 0.0746. The molecule has 0 aliphatic rings. The Bertz CT molecular complexity index is 673. The van der Waals surface area contributed by atoms with Crippen LogP contribution in [0.4, 0.5) is 0 Å². The van der Waals surface area contributed by atoms with Crippen molar-refractivity contribution in [2.24, 2.45) is 17.8 Å². The Morgan fingerprint density at radius 2 is 1.53 bits per heavy atom. The predicted molar refractivity (Wildman–Crippen MR) is 119 cm³/mol. The van der Waals surface area contributed by atoms with Gasteiger partial charge in [0.2, 0.25) is 11.8 Å². The highest BCUT2D eigenvalue weighted by Gasteiger charge is 2.29. The summed E-state index contributed by atoms with van der Waals surface area (Å²) in [7, 11) is 0. The SMILES string of the molecule is CC(=O)N[C@@H](CC(C)C)C(=O)C[C@@H](CC(C)C)C(=O)N[C@H](CO)Cc1ccccc1. The number of ketones is 1. The molecule has 6 nitrogen and oxygen atoms in total. The number of Topliss-reactive ketones (excluding diaryl/α,β-unsaturated/α-hetero) is 1. The molecule has 1 aromatic rings. The zero-order valence-electron chi connectivity index (χ0n) is 19.0. The van der Waals surface area contributed by atoms with Gasteiger partial charge >= 0.3 is 0 Å². The summed E-state index contributed by atoms with van der Waals surface area (Å²) in [6, 6.07) is 8.67. The lowest BCUT2D eigenvalue weighted by molar-refractivity contribution is -0.132. The average molecular weight is 419 g/mol. The lowest BCUT2D eigenvalue weighted by Crippen LogP contribution is -2.45. The number of hydrogen-bond donors (Lipinski definition) is 3. The zero-order valence-corrected chi connectivity index (χ0v) is 19.0. The summed E-state index contributed by atoms with van der Waals surface area (Å²) in [5.74, 6) is -0.610. The Hall–Kier alpha value is -2.21. The van der Waals surface area contributed by atoms with Crippen molar-refractivity contribution < 1.29 is 19.5 Å². The van der Waals surface area contributed by atoms with Gasteiger partial charge in [-0.1, -0.05) is 58.0 Å². The number of hydrogen-bond acceptors (Lipinski definition) is 4. The fourth-order valence-electron chi connectivity index (χ4n) is 3.60. The van der Waals surface area contributed by atoms with Crippen LogP contribution in [0.1, 0.15) is 59.4 Å². The molecule has 0 spiro atoms. The molecule has 1 rings (SSSR count). The fourth-order valence-corrected chi connectivity index (χ4v) is 3.60. The molecular formula is C24H38N2O4. The van der Waals surface area contributed by atoms with E-state index >= 15 is 0 Å². The molecule has 0 saturated carbocycles. The molecule has 30 heavy (non-hydrogen) atoms. The maximum Gasteiger partial charge on any atom is 0.223 e. The number of carbonyl (C=O) groups excluding carboxylic acids is 3. The monoisotopic (exact) mass is 418 g/mol. The van der Waals surface area contributed by atoms with E-state index in [4.69, 9.17) is 0 Å². The first-order valence-corrected chi connectivity index (χ1v) is 10.9. The molecule has 0 radical (unpaired) electrons. The van der Waals surface area contributed by atoms with Crippen LogP contribution in [0.25, 0.3) is 0 Å². The number of aliphatic hydroxyl groups excluding tert-OH is 1. The lowest BCUT2D eigenvalue weighted by atomic mass is 9.87. The molecule has 0 fully saturated rings. The van der Waals surface area contributed by atoms with Crippen LogP contribution in [-0.2, 0) is 20.8 Å². The van der Waals surface area contributed by atoms with Crippen LogP contribution >= 0.6 is 0 Å². The summed E-state index contributed by atoms with van der Waals surface area (Å²) in [4.78, 5) is 37.4. The first-order chi connectivity index (χ1) is 14.1. The molecule has 0 unspecified atom stereocenters. The standard InChI is InChI=1S/C24H38N2O4/c1-16(2)11-20(14-23(29)22(12-17(3)4)25-18(5)28)24(30)26-21(15-27)13-19-9-7-6-8-10-19/h6-10,16-17,20-22,27H,11-15H2,1-5H3,(H,25,28)(H,26,30)/t20-,21+,22+/m1/s1. The predicted octanol–water partition coefficient (Wildman–Crippen LogP) is 2.88. The van der Waals surface area contributed by atoms with Gasteiger partial charge in [-0.05, 0) is 36.7 Å². The van der Waals surface area contributed by atoms with Crippen molar-refractivity contribution in [3.8, 4) is 0 Å². The van der Waals surface area contributed by atoms with E-state index < -0.39 is 18.0 Å². The molecule has 3 N–H and O–H groups in total. The molecule has 1 aromatic carbocycles. The highest BCUT2D eigenvalue weighted by Crippen LogP contribution is 2.19. The Kier molecular flexibility index (Phi) is 11.3. The average Bonchev–Trinajstić information content (AvgIpc) is 2.66. The maximum absolute atomic E-state index is 13.0. The third-order valence-electron chi connectivity index (χ3n) is 4.94. The van der Waals surface area contributed by atoms with Gasteiger partial charge in [0.25, 0.3) is 0 Å². The summed E-state index contributed by atoms with van der Waals surface area (Å²) in [6.45, 7) is 9.24. The normalized spacial score (nSPS) is 14.3. The van der Waals surface area contributed by atoms with E-state index in [1.165, 1.54) is 6.92 Å². The Balaban J connectivity index is 2.85. The smallest absolute Gasteiger partial charge is 0.223 e.